The predicted octanol–water partition coefficient (Wildman–Crippen LogP) is 2.98. The first-order valence-electron chi connectivity index (χ1n) is 6.45. The number of nitrogens with one attached hydrogen (secondary N) is 2. The Morgan fingerprint density at radius 2 is 2.19 bits per heavy atom. The number of nitriles is 1. The van der Waals surface area contributed by atoms with Crippen molar-refractivity contribution in [1.29, 1.82) is 5.26 Å². The number of rotatable bonds is 6. The zero-order chi connectivity index (χ0) is 15.8. The Labute approximate surface area is 127 Å². The molecule has 0 aliphatic carbocycles. The first kappa shape index (κ1) is 16.8. The number of hydrogen-bond acceptors (Lipinski definition) is 3. The lowest BCUT2D eigenvalue weighted by atomic mass is 10.1. The molecule has 0 aliphatic rings. The average Bonchev–Trinajstić information content (AvgIpc) is 2.40. The molecule has 0 fully saturated rings. The molecule has 7 heteroatoms. The second-order valence-electron chi connectivity index (χ2n) is 4.49. The normalized spacial score (nSPS) is 11.3. The fourth-order valence-corrected chi connectivity index (χ4v) is 2.04. The van der Waals surface area contributed by atoms with E-state index in [2.05, 4.69) is 10.6 Å². The number of aliphatic carboxylic acids is 1. The van der Waals surface area contributed by atoms with Crippen LogP contribution in [0.15, 0.2) is 18.2 Å². The highest BCUT2D eigenvalue weighted by Crippen LogP contribution is 2.22. The van der Waals surface area contributed by atoms with E-state index in [1.165, 1.54) is 18.2 Å². The van der Waals surface area contributed by atoms with Crippen LogP contribution in [0.1, 0.15) is 31.7 Å². The quantitative estimate of drug-likeness (QED) is 0.751. The van der Waals surface area contributed by atoms with Crippen LogP contribution >= 0.6 is 11.6 Å². The van der Waals surface area contributed by atoms with Gasteiger partial charge >= 0.3 is 12.0 Å². The Kier molecular flexibility index (Phi) is 6.50. The lowest BCUT2D eigenvalue weighted by Crippen LogP contribution is -2.39. The SMILES string of the molecule is CCCC(CC(=O)O)NC(=O)Nc1ccc(C#N)cc1Cl. The van der Waals surface area contributed by atoms with Crippen LogP contribution in [0.3, 0.4) is 0 Å². The van der Waals surface area contributed by atoms with Gasteiger partial charge < -0.3 is 15.7 Å². The fourth-order valence-electron chi connectivity index (χ4n) is 1.81. The number of carbonyl (C=O) groups excluding carboxylic acids is 1. The minimum atomic E-state index is -0.967. The molecule has 3 N–H and O–H groups in total. The summed E-state index contributed by atoms with van der Waals surface area (Å²) in [6, 6.07) is 5.47. The maximum absolute atomic E-state index is 11.8. The lowest BCUT2D eigenvalue weighted by molar-refractivity contribution is -0.137. The summed E-state index contributed by atoms with van der Waals surface area (Å²) in [7, 11) is 0. The molecule has 1 rings (SSSR count). The van der Waals surface area contributed by atoms with Gasteiger partial charge in [0.1, 0.15) is 0 Å². The van der Waals surface area contributed by atoms with Crippen molar-refractivity contribution in [2.24, 2.45) is 0 Å². The van der Waals surface area contributed by atoms with Gasteiger partial charge in [0.25, 0.3) is 0 Å². The summed E-state index contributed by atoms with van der Waals surface area (Å²) in [5.41, 5.74) is 0.749. The monoisotopic (exact) mass is 309 g/mol. The summed E-state index contributed by atoms with van der Waals surface area (Å²) in [6.45, 7) is 1.91. The molecule has 0 spiro atoms. The number of carboxylic acid groups (broad SMARTS) is 1. The van der Waals surface area contributed by atoms with E-state index in [-0.39, 0.29) is 11.4 Å². The maximum atomic E-state index is 11.8. The first-order chi connectivity index (χ1) is 9.96. The topological polar surface area (TPSA) is 102 Å². The smallest absolute Gasteiger partial charge is 0.319 e. The number of benzene rings is 1. The van der Waals surface area contributed by atoms with Crippen molar-refractivity contribution in [2.75, 3.05) is 5.32 Å². The summed E-state index contributed by atoms with van der Waals surface area (Å²) in [4.78, 5) is 22.6. The van der Waals surface area contributed by atoms with Crippen LogP contribution in [-0.2, 0) is 4.79 Å². The van der Waals surface area contributed by atoms with Crippen molar-refractivity contribution in [2.45, 2.75) is 32.2 Å². The van der Waals surface area contributed by atoms with Crippen LogP contribution in [0.4, 0.5) is 10.5 Å². The Balaban J connectivity index is 2.67. The number of hydrogen-bond donors (Lipinski definition) is 3. The molecule has 0 radical (unpaired) electrons. The number of amides is 2. The largest absolute Gasteiger partial charge is 0.481 e. The summed E-state index contributed by atoms with van der Waals surface area (Å²) in [5.74, 6) is -0.967. The molecule has 112 valence electrons. The van der Waals surface area contributed by atoms with Gasteiger partial charge in [0, 0.05) is 6.04 Å². The molecule has 0 saturated heterocycles. The maximum Gasteiger partial charge on any atom is 0.319 e. The van der Waals surface area contributed by atoms with Gasteiger partial charge in [-0.3, -0.25) is 4.79 Å². The zero-order valence-corrected chi connectivity index (χ0v) is 12.3. The number of halogens is 1. The molecule has 1 aromatic rings. The number of carbonyl (C=O) groups is 2. The van der Waals surface area contributed by atoms with Gasteiger partial charge in [0.05, 0.1) is 28.8 Å². The van der Waals surface area contributed by atoms with E-state index in [0.717, 1.165) is 6.42 Å². The third kappa shape index (κ3) is 5.71. The zero-order valence-electron chi connectivity index (χ0n) is 11.5. The number of nitrogens with zero attached hydrogens (tertiary/aromatic N) is 1. The molecule has 0 bridgehead atoms. The highest BCUT2D eigenvalue weighted by molar-refractivity contribution is 6.33. The predicted molar refractivity (Wildman–Crippen MR) is 79.3 cm³/mol. The molecule has 6 nitrogen and oxygen atoms in total. The second kappa shape index (κ2) is 8.12. The minimum Gasteiger partial charge on any atom is -0.481 e. The molecule has 1 aromatic carbocycles. The van der Waals surface area contributed by atoms with Crippen molar-refractivity contribution in [3.63, 3.8) is 0 Å². The minimum absolute atomic E-state index is 0.137. The molecule has 21 heavy (non-hydrogen) atoms. The molecule has 1 atom stereocenters. The van der Waals surface area contributed by atoms with E-state index in [4.69, 9.17) is 22.0 Å². The van der Waals surface area contributed by atoms with Crippen molar-refractivity contribution >= 4 is 29.3 Å². The molecule has 0 aliphatic heterocycles. The average molecular weight is 310 g/mol. The van der Waals surface area contributed by atoms with E-state index < -0.39 is 18.0 Å². The van der Waals surface area contributed by atoms with Gasteiger partial charge in [-0.1, -0.05) is 24.9 Å². The molecular formula is C14H16ClN3O3. The van der Waals surface area contributed by atoms with E-state index in [1.54, 1.807) is 0 Å². The summed E-state index contributed by atoms with van der Waals surface area (Å²) < 4.78 is 0. The third-order valence-corrected chi connectivity index (χ3v) is 3.05. The first-order valence-corrected chi connectivity index (χ1v) is 6.83. The van der Waals surface area contributed by atoms with Crippen molar-refractivity contribution < 1.29 is 14.7 Å². The van der Waals surface area contributed by atoms with Gasteiger partial charge in [0.15, 0.2) is 0 Å². The second-order valence-corrected chi connectivity index (χ2v) is 4.90. The Hall–Kier alpha value is -2.26. The number of urea groups is 1. The molecule has 0 heterocycles. The summed E-state index contributed by atoms with van der Waals surface area (Å²) in [5, 5.41) is 22.9. The van der Waals surface area contributed by atoms with Gasteiger partial charge in [0.2, 0.25) is 0 Å². The molecular weight excluding hydrogens is 294 g/mol. The van der Waals surface area contributed by atoms with Crippen molar-refractivity contribution in [1.82, 2.24) is 5.32 Å². The third-order valence-electron chi connectivity index (χ3n) is 2.74. The van der Waals surface area contributed by atoms with Crippen LogP contribution < -0.4 is 10.6 Å². The molecule has 0 saturated carbocycles. The van der Waals surface area contributed by atoms with Crippen LogP contribution in [0.2, 0.25) is 5.02 Å². The van der Waals surface area contributed by atoms with Crippen LogP contribution in [0, 0.1) is 11.3 Å². The Bertz CT molecular complexity index is 569. The van der Waals surface area contributed by atoms with E-state index in [9.17, 15) is 9.59 Å². The number of anilines is 1. The summed E-state index contributed by atoms with van der Waals surface area (Å²) in [6.07, 6.45) is 1.19. The van der Waals surface area contributed by atoms with Crippen LogP contribution in [-0.4, -0.2) is 23.1 Å². The van der Waals surface area contributed by atoms with Gasteiger partial charge in [-0.05, 0) is 24.6 Å². The molecule has 2 amide bonds. The highest BCUT2D eigenvalue weighted by Gasteiger charge is 2.15. The standard InChI is InChI=1S/C14H16ClN3O3/c1-2-3-10(7-13(19)20)17-14(21)18-12-5-4-9(8-16)6-11(12)15/h4-6,10H,2-3,7H2,1H3,(H,19,20)(H2,17,18,21). The van der Waals surface area contributed by atoms with E-state index >= 15 is 0 Å². The Morgan fingerprint density at radius 1 is 1.48 bits per heavy atom. The molecule has 0 aromatic heterocycles. The van der Waals surface area contributed by atoms with Gasteiger partial charge in [-0.2, -0.15) is 5.26 Å². The Morgan fingerprint density at radius 3 is 2.71 bits per heavy atom. The van der Waals surface area contributed by atoms with Crippen molar-refractivity contribution in [3.05, 3.63) is 28.8 Å². The lowest BCUT2D eigenvalue weighted by Gasteiger charge is -2.17. The van der Waals surface area contributed by atoms with Gasteiger partial charge in [-0.25, -0.2) is 4.79 Å². The molecule has 1 unspecified atom stereocenters. The fraction of sp³-hybridized carbons (Fsp3) is 0.357. The van der Waals surface area contributed by atoms with E-state index in [0.29, 0.717) is 17.7 Å². The van der Waals surface area contributed by atoms with E-state index in [1.807, 2.05) is 13.0 Å². The number of carboxylic acids is 1. The highest BCUT2D eigenvalue weighted by atomic mass is 35.5. The van der Waals surface area contributed by atoms with Crippen LogP contribution in [0.25, 0.3) is 0 Å². The van der Waals surface area contributed by atoms with Crippen molar-refractivity contribution in [3.8, 4) is 6.07 Å². The van der Waals surface area contributed by atoms with Gasteiger partial charge in [-0.15, -0.1) is 0 Å². The van der Waals surface area contributed by atoms with Crippen LogP contribution in [0.5, 0.6) is 0 Å². The summed E-state index contributed by atoms with van der Waals surface area (Å²) >= 11 is 5.95.